The number of nitrogens with one attached hydrogen (secondary N) is 1. The van der Waals surface area contributed by atoms with Crippen LogP contribution in [0.15, 0.2) is 57.1 Å². The standard InChI is InChI=1S/C16H19N5OS2/c1-4-9-23-15(18-2)20-14(22)12-10-11(5-6-13(12)17)24-16-19-7-8-21(16)3/h4-10H,17H2,1-3H3,(H,18,20,22)/b9-4+. The van der Waals surface area contributed by atoms with Crippen LogP contribution in [0.3, 0.4) is 0 Å². The van der Waals surface area contributed by atoms with Gasteiger partial charge in [0, 0.05) is 37.1 Å². The molecular formula is C16H19N5OS2. The topological polar surface area (TPSA) is 85.3 Å². The molecule has 1 aromatic heterocycles. The first kappa shape index (κ1) is 18.2. The van der Waals surface area contributed by atoms with Gasteiger partial charge in [-0.1, -0.05) is 29.6 Å². The molecule has 0 spiro atoms. The van der Waals surface area contributed by atoms with E-state index in [1.807, 2.05) is 42.3 Å². The normalized spacial score (nSPS) is 11.9. The third-order valence-electron chi connectivity index (χ3n) is 2.99. The SMILES string of the molecule is C/C=C/SC(=NC)NC(=O)c1cc(Sc2nccn2C)ccc1N. The number of amides is 1. The third kappa shape index (κ3) is 4.65. The van der Waals surface area contributed by atoms with Crippen molar-refractivity contribution < 1.29 is 4.79 Å². The quantitative estimate of drug-likeness (QED) is 0.496. The Kier molecular flexibility index (Phi) is 6.51. The number of hydrogen-bond acceptors (Lipinski definition) is 6. The molecule has 0 radical (unpaired) electrons. The van der Waals surface area contributed by atoms with Crippen molar-refractivity contribution in [2.75, 3.05) is 12.8 Å². The van der Waals surface area contributed by atoms with E-state index >= 15 is 0 Å². The number of allylic oxidation sites excluding steroid dienone is 1. The summed E-state index contributed by atoms with van der Waals surface area (Å²) in [5.41, 5.74) is 6.79. The monoisotopic (exact) mass is 361 g/mol. The summed E-state index contributed by atoms with van der Waals surface area (Å²) in [4.78, 5) is 21.7. The number of nitrogen functional groups attached to an aromatic ring is 1. The van der Waals surface area contributed by atoms with Crippen molar-refractivity contribution in [3.8, 4) is 0 Å². The van der Waals surface area contributed by atoms with Gasteiger partial charge in [-0.3, -0.25) is 9.79 Å². The number of aryl methyl sites for hydroxylation is 1. The third-order valence-corrected chi connectivity index (χ3v) is 4.98. The van der Waals surface area contributed by atoms with Crippen LogP contribution in [0.25, 0.3) is 0 Å². The summed E-state index contributed by atoms with van der Waals surface area (Å²) >= 11 is 2.81. The number of imidazole rings is 1. The lowest BCUT2D eigenvalue weighted by Crippen LogP contribution is -2.28. The van der Waals surface area contributed by atoms with E-state index in [1.165, 1.54) is 23.5 Å². The molecule has 0 aliphatic heterocycles. The van der Waals surface area contributed by atoms with Gasteiger partial charge < -0.3 is 15.6 Å². The van der Waals surface area contributed by atoms with Crippen molar-refractivity contribution in [2.45, 2.75) is 17.0 Å². The van der Waals surface area contributed by atoms with Gasteiger partial charge in [0.25, 0.3) is 5.91 Å². The molecule has 6 nitrogen and oxygen atoms in total. The predicted molar refractivity (Wildman–Crippen MR) is 101 cm³/mol. The molecule has 0 saturated heterocycles. The number of anilines is 1. The van der Waals surface area contributed by atoms with Gasteiger partial charge in [-0.25, -0.2) is 4.98 Å². The van der Waals surface area contributed by atoms with Crippen molar-refractivity contribution in [3.05, 3.63) is 47.6 Å². The fourth-order valence-corrected chi connectivity index (χ4v) is 3.15. The minimum atomic E-state index is -0.285. The Bertz CT molecular complexity index is 783. The number of benzene rings is 1. The van der Waals surface area contributed by atoms with Crippen LogP contribution in [0.4, 0.5) is 5.69 Å². The molecule has 3 N–H and O–H groups in total. The number of carbonyl (C=O) groups is 1. The summed E-state index contributed by atoms with van der Waals surface area (Å²) in [6, 6.07) is 5.36. The van der Waals surface area contributed by atoms with Gasteiger partial charge in [0.2, 0.25) is 0 Å². The lowest BCUT2D eigenvalue weighted by atomic mass is 10.1. The van der Waals surface area contributed by atoms with Gasteiger partial charge in [-0.05, 0) is 30.5 Å². The van der Waals surface area contributed by atoms with E-state index < -0.39 is 0 Å². The highest BCUT2D eigenvalue weighted by molar-refractivity contribution is 8.16. The number of aliphatic imine (C=N–C) groups is 1. The molecule has 1 aromatic carbocycles. The molecule has 0 atom stereocenters. The highest BCUT2D eigenvalue weighted by Gasteiger charge is 2.14. The Labute approximate surface area is 149 Å². The van der Waals surface area contributed by atoms with Gasteiger partial charge in [0.15, 0.2) is 10.3 Å². The molecule has 0 unspecified atom stereocenters. The fraction of sp³-hybridized carbons (Fsp3) is 0.188. The second-order valence-electron chi connectivity index (χ2n) is 4.74. The van der Waals surface area contributed by atoms with Gasteiger partial charge in [0.1, 0.15) is 0 Å². The number of nitrogens with two attached hydrogens (primary N) is 1. The van der Waals surface area contributed by atoms with Crippen LogP contribution in [0.1, 0.15) is 17.3 Å². The second kappa shape index (κ2) is 8.60. The maximum Gasteiger partial charge on any atom is 0.259 e. The van der Waals surface area contributed by atoms with E-state index in [2.05, 4.69) is 15.3 Å². The molecule has 1 amide bonds. The maximum absolute atomic E-state index is 12.5. The fourth-order valence-electron chi connectivity index (χ4n) is 1.79. The zero-order valence-electron chi connectivity index (χ0n) is 13.7. The number of hydrogen-bond donors (Lipinski definition) is 2. The Balaban J connectivity index is 2.18. The first-order chi connectivity index (χ1) is 11.5. The number of rotatable bonds is 4. The van der Waals surface area contributed by atoms with Crippen molar-refractivity contribution in [1.29, 1.82) is 0 Å². The second-order valence-corrected chi connectivity index (χ2v) is 6.68. The smallest absolute Gasteiger partial charge is 0.259 e. The summed E-state index contributed by atoms with van der Waals surface area (Å²) in [5, 5.41) is 5.97. The zero-order valence-corrected chi connectivity index (χ0v) is 15.3. The number of aromatic nitrogens is 2. The minimum Gasteiger partial charge on any atom is -0.398 e. The van der Waals surface area contributed by atoms with Crippen LogP contribution >= 0.6 is 23.5 Å². The Morgan fingerprint density at radius 2 is 2.25 bits per heavy atom. The average molecular weight is 361 g/mol. The highest BCUT2D eigenvalue weighted by Crippen LogP contribution is 2.28. The molecule has 0 bridgehead atoms. The molecule has 0 aliphatic rings. The van der Waals surface area contributed by atoms with Crippen molar-refractivity contribution in [2.24, 2.45) is 12.0 Å². The summed E-state index contributed by atoms with van der Waals surface area (Å²) in [7, 11) is 3.55. The van der Waals surface area contributed by atoms with Crippen LogP contribution in [-0.4, -0.2) is 27.7 Å². The van der Waals surface area contributed by atoms with Crippen molar-refractivity contribution >= 4 is 40.3 Å². The summed E-state index contributed by atoms with van der Waals surface area (Å²) in [6.45, 7) is 1.90. The van der Waals surface area contributed by atoms with E-state index in [0.717, 1.165) is 10.1 Å². The van der Waals surface area contributed by atoms with Gasteiger partial charge in [0.05, 0.1) is 5.56 Å². The zero-order chi connectivity index (χ0) is 17.5. The van der Waals surface area contributed by atoms with E-state index in [9.17, 15) is 4.79 Å². The average Bonchev–Trinajstić information content (AvgIpc) is 2.97. The van der Waals surface area contributed by atoms with Crippen molar-refractivity contribution in [1.82, 2.24) is 14.9 Å². The molecular weight excluding hydrogens is 342 g/mol. The largest absolute Gasteiger partial charge is 0.398 e. The summed E-state index contributed by atoms with van der Waals surface area (Å²) in [6.07, 6.45) is 5.48. The van der Waals surface area contributed by atoms with Gasteiger partial charge in [-0.2, -0.15) is 0 Å². The molecule has 0 fully saturated rings. The first-order valence-corrected chi connectivity index (χ1v) is 8.85. The molecule has 8 heteroatoms. The number of carbonyl (C=O) groups excluding carboxylic acids is 1. The first-order valence-electron chi connectivity index (χ1n) is 7.15. The van der Waals surface area contributed by atoms with Crippen LogP contribution in [0.2, 0.25) is 0 Å². The van der Waals surface area contributed by atoms with Crippen LogP contribution in [0, 0.1) is 0 Å². The highest BCUT2D eigenvalue weighted by atomic mass is 32.2. The van der Waals surface area contributed by atoms with Crippen molar-refractivity contribution in [3.63, 3.8) is 0 Å². The molecule has 126 valence electrons. The van der Waals surface area contributed by atoms with E-state index in [4.69, 9.17) is 5.73 Å². The van der Waals surface area contributed by atoms with Crippen LogP contribution in [0.5, 0.6) is 0 Å². The molecule has 0 aliphatic carbocycles. The molecule has 1 heterocycles. The van der Waals surface area contributed by atoms with Gasteiger partial charge in [-0.15, -0.1) is 0 Å². The van der Waals surface area contributed by atoms with E-state index in [1.54, 1.807) is 25.4 Å². The molecule has 2 rings (SSSR count). The Morgan fingerprint density at radius 1 is 1.46 bits per heavy atom. The predicted octanol–water partition coefficient (Wildman–Crippen LogP) is 3.14. The summed E-state index contributed by atoms with van der Waals surface area (Å²) in [5.74, 6) is -0.285. The van der Waals surface area contributed by atoms with E-state index in [0.29, 0.717) is 16.4 Å². The lowest BCUT2D eigenvalue weighted by Gasteiger charge is -2.10. The Hall–Kier alpha value is -2.19. The molecule has 0 saturated carbocycles. The summed E-state index contributed by atoms with van der Waals surface area (Å²) < 4.78 is 1.91. The maximum atomic E-state index is 12.5. The number of nitrogens with zero attached hydrogens (tertiary/aromatic N) is 3. The number of amidine groups is 1. The van der Waals surface area contributed by atoms with Crippen LogP contribution < -0.4 is 11.1 Å². The number of thioether (sulfide) groups is 1. The lowest BCUT2D eigenvalue weighted by molar-refractivity contribution is 0.0978. The molecule has 2 aromatic rings. The minimum absolute atomic E-state index is 0.285. The molecule has 24 heavy (non-hydrogen) atoms. The van der Waals surface area contributed by atoms with Crippen LogP contribution in [-0.2, 0) is 7.05 Å². The van der Waals surface area contributed by atoms with E-state index in [-0.39, 0.29) is 5.91 Å². The Morgan fingerprint density at radius 3 is 2.88 bits per heavy atom. The van der Waals surface area contributed by atoms with Gasteiger partial charge >= 0.3 is 0 Å².